The number of likely N-dealkylation sites (tertiary alicyclic amines) is 1. The van der Waals surface area contributed by atoms with Crippen molar-refractivity contribution in [3.63, 3.8) is 0 Å². The number of halogens is 4. The first-order valence-corrected chi connectivity index (χ1v) is 13.4. The van der Waals surface area contributed by atoms with E-state index >= 15 is 4.39 Å². The number of benzene rings is 2. The normalized spacial score (nSPS) is 20.0. The average molecular weight is 564 g/mol. The summed E-state index contributed by atoms with van der Waals surface area (Å²) >= 11 is 8.01. The summed E-state index contributed by atoms with van der Waals surface area (Å²) < 4.78 is 50.8. The van der Waals surface area contributed by atoms with E-state index in [0.717, 1.165) is 17.8 Å². The zero-order chi connectivity index (χ0) is 26.6. The molecule has 2 aromatic heterocycles. The van der Waals surface area contributed by atoms with E-state index in [9.17, 15) is 8.78 Å². The van der Waals surface area contributed by atoms with Gasteiger partial charge in [-0.1, -0.05) is 35.1 Å². The minimum atomic E-state index is -2.78. The fraction of sp³-hybridized carbons (Fsp3) is 0.400. The van der Waals surface area contributed by atoms with Crippen molar-refractivity contribution in [1.82, 2.24) is 25.2 Å². The van der Waals surface area contributed by atoms with Gasteiger partial charge in [0.05, 0.1) is 21.8 Å². The Balaban J connectivity index is 1.47. The number of thiazole rings is 1. The average Bonchev–Trinajstić information content (AvgIpc) is 3.40. The van der Waals surface area contributed by atoms with Crippen LogP contribution in [-0.2, 0) is 0 Å². The molecule has 2 aliphatic heterocycles. The van der Waals surface area contributed by atoms with Gasteiger partial charge in [0.15, 0.2) is 10.9 Å². The van der Waals surface area contributed by atoms with Gasteiger partial charge < -0.3 is 20.7 Å². The number of piperazine rings is 1. The van der Waals surface area contributed by atoms with Crippen LogP contribution in [-0.4, -0.2) is 78.2 Å². The summed E-state index contributed by atoms with van der Waals surface area (Å²) in [5, 5.41) is 4.29. The van der Waals surface area contributed by atoms with Gasteiger partial charge in [0.25, 0.3) is 5.92 Å². The number of anilines is 2. The highest BCUT2D eigenvalue weighted by Gasteiger charge is 2.43. The highest BCUT2D eigenvalue weighted by Crippen LogP contribution is 2.42. The van der Waals surface area contributed by atoms with Gasteiger partial charge in [-0.15, -0.1) is 0 Å². The van der Waals surface area contributed by atoms with E-state index in [1.807, 2.05) is 11.0 Å². The summed E-state index contributed by atoms with van der Waals surface area (Å²) in [4.78, 5) is 17.0. The summed E-state index contributed by atoms with van der Waals surface area (Å²) in [7, 11) is 1.63. The quantitative estimate of drug-likeness (QED) is 0.369. The van der Waals surface area contributed by atoms with Crippen molar-refractivity contribution in [2.45, 2.75) is 18.4 Å². The molecular weight excluding hydrogens is 539 g/mol. The fourth-order valence-corrected chi connectivity index (χ4v) is 6.23. The van der Waals surface area contributed by atoms with Crippen LogP contribution >= 0.6 is 22.9 Å². The number of nitrogen functional groups attached to an aromatic ring is 1. The Bertz CT molecular complexity index is 1530. The Morgan fingerprint density at radius 1 is 1.21 bits per heavy atom. The van der Waals surface area contributed by atoms with Crippen LogP contribution in [0.2, 0.25) is 5.02 Å². The molecule has 0 amide bonds. The molecular formula is C25H25ClF3N7OS. The predicted molar refractivity (Wildman–Crippen MR) is 144 cm³/mol. The fourth-order valence-electron chi connectivity index (χ4n) is 5.17. The van der Waals surface area contributed by atoms with Crippen molar-refractivity contribution in [1.29, 1.82) is 0 Å². The van der Waals surface area contributed by atoms with Crippen LogP contribution in [0.5, 0.6) is 6.01 Å². The van der Waals surface area contributed by atoms with Gasteiger partial charge in [-0.3, -0.25) is 4.90 Å². The molecule has 38 heavy (non-hydrogen) atoms. The molecule has 8 nitrogen and oxygen atoms in total. The minimum Gasteiger partial charge on any atom is -0.462 e. The van der Waals surface area contributed by atoms with Crippen LogP contribution in [0.4, 0.5) is 24.1 Å². The lowest BCUT2D eigenvalue weighted by Crippen LogP contribution is -2.44. The van der Waals surface area contributed by atoms with Crippen molar-refractivity contribution < 1.29 is 17.9 Å². The Morgan fingerprint density at radius 2 is 2.00 bits per heavy atom. The van der Waals surface area contributed by atoms with Crippen LogP contribution < -0.4 is 20.7 Å². The molecule has 0 bridgehead atoms. The van der Waals surface area contributed by atoms with Crippen LogP contribution in [0.25, 0.3) is 32.2 Å². The molecule has 200 valence electrons. The largest absolute Gasteiger partial charge is 0.462 e. The van der Waals surface area contributed by atoms with E-state index < -0.39 is 17.8 Å². The maximum atomic E-state index is 16.4. The Hall–Kier alpha value is -2.93. The Labute approximate surface area is 225 Å². The van der Waals surface area contributed by atoms with E-state index in [0.29, 0.717) is 40.5 Å². The third kappa shape index (κ3) is 4.59. The Morgan fingerprint density at radius 3 is 2.74 bits per heavy atom. The van der Waals surface area contributed by atoms with E-state index in [4.69, 9.17) is 22.1 Å². The summed E-state index contributed by atoms with van der Waals surface area (Å²) in [6.45, 7) is 2.35. The number of likely N-dealkylation sites (N-methyl/N-ethyl adjacent to an activating group) is 1. The third-order valence-electron chi connectivity index (χ3n) is 7.01. The van der Waals surface area contributed by atoms with Gasteiger partial charge in [0.2, 0.25) is 0 Å². The van der Waals surface area contributed by atoms with Crippen LogP contribution in [0.1, 0.15) is 6.42 Å². The van der Waals surface area contributed by atoms with Gasteiger partial charge in [-0.25, -0.2) is 18.2 Å². The van der Waals surface area contributed by atoms with Crippen molar-refractivity contribution in [2.75, 3.05) is 57.0 Å². The van der Waals surface area contributed by atoms with Crippen LogP contribution in [0.15, 0.2) is 24.3 Å². The molecule has 2 aromatic carbocycles. The topological polar surface area (TPSA) is 92.4 Å². The number of aromatic nitrogens is 3. The molecule has 3 N–H and O–H groups in total. The van der Waals surface area contributed by atoms with Crippen molar-refractivity contribution in [3.05, 3.63) is 35.1 Å². The van der Waals surface area contributed by atoms with Crippen LogP contribution in [0, 0.1) is 5.82 Å². The SMILES string of the molecule is CN1CC(F)(F)CC1COc1nc(N2CCNCC2)c2cc(Cl)c(-c3cccc4sc(N)nc34)c(F)c2n1. The number of para-hydroxylation sites is 1. The molecule has 4 heterocycles. The summed E-state index contributed by atoms with van der Waals surface area (Å²) in [5.41, 5.74) is 7.16. The first kappa shape index (κ1) is 25.4. The zero-order valence-electron chi connectivity index (χ0n) is 20.5. The molecule has 0 aliphatic carbocycles. The second kappa shape index (κ2) is 9.67. The highest BCUT2D eigenvalue weighted by molar-refractivity contribution is 7.22. The number of nitrogens with one attached hydrogen (secondary N) is 1. The molecule has 2 saturated heterocycles. The summed E-state index contributed by atoms with van der Waals surface area (Å²) in [5.74, 6) is -2.93. The minimum absolute atomic E-state index is 0.0354. The number of ether oxygens (including phenoxy) is 1. The predicted octanol–water partition coefficient (Wildman–Crippen LogP) is 4.41. The van der Waals surface area contributed by atoms with Crippen molar-refractivity contribution >= 4 is 55.0 Å². The second-order valence-corrected chi connectivity index (χ2v) is 11.1. The lowest BCUT2D eigenvalue weighted by Gasteiger charge is -2.29. The molecule has 1 unspecified atom stereocenters. The monoisotopic (exact) mass is 563 g/mol. The van der Waals surface area contributed by atoms with Crippen LogP contribution in [0.3, 0.4) is 0 Å². The number of nitrogens with two attached hydrogens (primary N) is 1. The number of alkyl halides is 2. The molecule has 13 heteroatoms. The molecule has 6 rings (SSSR count). The number of nitrogens with zero attached hydrogens (tertiary/aromatic N) is 5. The molecule has 0 saturated carbocycles. The van der Waals surface area contributed by atoms with E-state index in [-0.39, 0.29) is 41.7 Å². The molecule has 0 radical (unpaired) electrons. The maximum absolute atomic E-state index is 16.4. The molecule has 2 fully saturated rings. The lowest BCUT2D eigenvalue weighted by atomic mass is 10.0. The summed E-state index contributed by atoms with van der Waals surface area (Å²) in [6, 6.07) is 6.48. The standard InChI is InChI=1S/C25H25ClF3N7OS/c1-35-12-25(28,29)10-13(35)11-37-24-33-21-15(22(34-24)36-7-5-31-6-8-36)9-16(26)18(19(21)27)14-3-2-4-17-20(14)32-23(30)38-17/h2-4,9,13,31H,5-8,10-12H2,1H3,(H2,30,32). The Kier molecular flexibility index (Phi) is 6.45. The van der Waals surface area contributed by atoms with Gasteiger partial charge in [0, 0.05) is 55.2 Å². The number of rotatable bonds is 5. The smallest absolute Gasteiger partial charge is 0.319 e. The summed E-state index contributed by atoms with van der Waals surface area (Å²) in [6.07, 6.45) is -0.323. The molecule has 1 atom stereocenters. The maximum Gasteiger partial charge on any atom is 0.319 e. The molecule has 2 aliphatic rings. The number of fused-ring (bicyclic) bond motifs is 2. The van der Waals surface area contributed by atoms with Crippen molar-refractivity contribution in [3.8, 4) is 17.1 Å². The first-order valence-electron chi connectivity index (χ1n) is 12.2. The zero-order valence-corrected chi connectivity index (χ0v) is 22.1. The van der Waals surface area contributed by atoms with E-state index in [1.54, 1.807) is 30.1 Å². The number of hydrogen-bond donors (Lipinski definition) is 2. The van der Waals surface area contributed by atoms with Gasteiger partial charge in [-0.05, 0) is 19.2 Å². The van der Waals surface area contributed by atoms with Gasteiger partial charge in [0.1, 0.15) is 17.9 Å². The van der Waals surface area contributed by atoms with Crippen molar-refractivity contribution in [2.24, 2.45) is 0 Å². The highest BCUT2D eigenvalue weighted by atomic mass is 35.5. The van der Waals surface area contributed by atoms with E-state index in [2.05, 4.69) is 20.3 Å². The first-order chi connectivity index (χ1) is 18.2. The van der Waals surface area contributed by atoms with Gasteiger partial charge >= 0.3 is 6.01 Å². The molecule has 4 aromatic rings. The number of hydrogen-bond acceptors (Lipinski definition) is 9. The molecule has 0 spiro atoms. The lowest BCUT2D eigenvalue weighted by molar-refractivity contribution is 0.0136. The third-order valence-corrected chi connectivity index (χ3v) is 8.15. The van der Waals surface area contributed by atoms with E-state index in [1.165, 1.54) is 11.3 Å². The second-order valence-electron chi connectivity index (χ2n) is 9.65. The van der Waals surface area contributed by atoms with Gasteiger partial charge in [-0.2, -0.15) is 9.97 Å².